The van der Waals surface area contributed by atoms with Crippen LogP contribution in [0.3, 0.4) is 0 Å². The van der Waals surface area contributed by atoms with Gasteiger partial charge in [0.1, 0.15) is 13.2 Å². The van der Waals surface area contributed by atoms with Gasteiger partial charge in [-0.25, -0.2) is 0 Å². The Morgan fingerprint density at radius 1 is 1.07 bits per heavy atom. The van der Waals surface area contributed by atoms with E-state index in [1.54, 1.807) is 13.2 Å². The standard InChI is InChI=1S/C24H29NO4/c1-15(2)18-7-6-8-19(16(3)4)23(18)25-22(26)10-9-17-13-20(27-5)24-21(14-17)28-11-12-29-24/h6-10,13-16H,11-12H2,1-5H3,(H,25,26)/b10-9+. The minimum absolute atomic E-state index is 0.172. The molecule has 154 valence electrons. The summed E-state index contributed by atoms with van der Waals surface area (Å²) in [4.78, 5) is 12.7. The molecule has 0 aromatic heterocycles. The average molecular weight is 395 g/mol. The maximum Gasteiger partial charge on any atom is 0.248 e. The van der Waals surface area contributed by atoms with Crippen LogP contribution in [-0.2, 0) is 4.79 Å². The Labute approximate surface area is 172 Å². The third-order valence-corrected chi connectivity index (χ3v) is 4.90. The number of carbonyl (C=O) groups excluding carboxylic acids is 1. The molecule has 1 aliphatic rings. The van der Waals surface area contributed by atoms with Gasteiger partial charge >= 0.3 is 0 Å². The van der Waals surface area contributed by atoms with E-state index >= 15 is 0 Å². The SMILES string of the molecule is COc1cc(/C=C/C(=O)Nc2c(C(C)C)cccc2C(C)C)cc2c1OCCO2. The predicted molar refractivity (Wildman–Crippen MR) is 116 cm³/mol. The maximum atomic E-state index is 12.7. The number of hydrogen-bond donors (Lipinski definition) is 1. The highest BCUT2D eigenvalue weighted by Crippen LogP contribution is 2.40. The minimum Gasteiger partial charge on any atom is -0.493 e. The van der Waals surface area contributed by atoms with Crippen molar-refractivity contribution in [3.8, 4) is 17.2 Å². The lowest BCUT2D eigenvalue weighted by Crippen LogP contribution is -2.16. The first-order valence-electron chi connectivity index (χ1n) is 10.00. The van der Waals surface area contributed by atoms with Crippen LogP contribution in [0.25, 0.3) is 6.08 Å². The molecule has 0 saturated heterocycles. The van der Waals surface area contributed by atoms with Crippen molar-refractivity contribution in [3.63, 3.8) is 0 Å². The summed E-state index contributed by atoms with van der Waals surface area (Å²) >= 11 is 0. The lowest BCUT2D eigenvalue weighted by atomic mass is 9.92. The van der Waals surface area contributed by atoms with Crippen molar-refractivity contribution in [3.05, 3.63) is 53.1 Å². The number of ether oxygens (including phenoxy) is 3. The fraction of sp³-hybridized carbons (Fsp3) is 0.375. The van der Waals surface area contributed by atoms with Crippen LogP contribution in [-0.4, -0.2) is 26.2 Å². The van der Waals surface area contributed by atoms with E-state index in [4.69, 9.17) is 14.2 Å². The molecular formula is C24H29NO4. The fourth-order valence-corrected chi connectivity index (χ4v) is 3.42. The van der Waals surface area contributed by atoms with Crippen LogP contribution in [0.2, 0.25) is 0 Å². The van der Waals surface area contributed by atoms with E-state index in [0.717, 1.165) is 22.4 Å². The van der Waals surface area contributed by atoms with Gasteiger partial charge in [0.15, 0.2) is 11.5 Å². The number of benzene rings is 2. The number of carbonyl (C=O) groups is 1. The van der Waals surface area contributed by atoms with Crippen LogP contribution in [0.15, 0.2) is 36.4 Å². The molecular weight excluding hydrogens is 366 g/mol. The van der Waals surface area contributed by atoms with Crippen molar-refractivity contribution < 1.29 is 19.0 Å². The Hall–Kier alpha value is -2.95. The molecule has 0 fully saturated rings. The summed E-state index contributed by atoms with van der Waals surface area (Å²) in [5.74, 6) is 2.28. The molecule has 2 aromatic rings. The van der Waals surface area contributed by atoms with Gasteiger partial charge in [-0.05, 0) is 46.7 Å². The number of anilines is 1. The monoisotopic (exact) mass is 395 g/mol. The van der Waals surface area contributed by atoms with Gasteiger partial charge in [0.05, 0.1) is 7.11 Å². The van der Waals surface area contributed by atoms with Crippen LogP contribution < -0.4 is 19.5 Å². The average Bonchev–Trinajstić information content (AvgIpc) is 2.71. The Morgan fingerprint density at radius 3 is 2.34 bits per heavy atom. The molecule has 0 aliphatic carbocycles. The van der Waals surface area contributed by atoms with E-state index in [-0.39, 0.29) is 5.91 Å². The molecule has 0 unspecified atom stereocenters. The molecule has 5 heteroatoms. The Kier molecular flexibility index (Phi) is 6.47. The van der Waals surface area contributed by atoms with E-state index in [9.17, 15) is 4.79 Å². The topological polar surface area (TPSA) is 56.8 Å². The summed E-state index contributed by atoms with van der Waals surface area (Å²) < 4.78 is 16.7. The Morgan fingerprint density at radius 2 is 1.72 bits per heavy atom. The van der Waals surface area contributed by atoms with Crippen LogP contribution in [0.1, 0.15) is 56.2 Å². The number of hydrogen-bond acceptors (Lipinski definition) is 4. The van der Waals surface area contributed by atoms with Gasteiger partial charge in [-0.1, -0.05) is 45.9 Å². The van der Waals surface area contributed by atoms with E-state index in [2.05, 4.69) is 51.2 Å². The minimum atomic E-state index is -0.172. The van der Waals surface area contributed by atoms with Gasteiger partial charge in [-0.2, -0.15) is 0 Å². The molecule has 0 bridgehead atoms. The van der Waals surface area contributed by atoms with Gasteiger partial charge in [0.2, 0.25) is 11.7 Å². The molecule has 0 radical (unpaired) electrons. The van der Waals surface area contributed by atoms with Crippen molar-refractivity contribution in [1.29, 1.82) is 0 Å². The van der Waals surface area contributed by atoms with Gasteiger partial charge < -0.3 is 19.5 Å². The van der Waals surface area contributed by atoms with Gasteiger partial charge in [0, 0.05) is 11.8 Å². The first kappa shape index (κ1) is 20.8. The quantitative estimate of drug-likeness (QED) is 0.669. The zero-order valence-corrected chi connectivity index (χ0v) is 17.7. The highest BCUT2D eigenvalue weighted by Gasteiger charge is 2.18. The predicted octanol–water partition coefficient (Wildman–Crippen LogP) is 5.37. The molecule has 0 saturated carbocycles. The number of nitrogens with one attached hydrogen (secondary N) is 1. The van der Waals surface area contributed by atoms with Gasteiger partial charge in [-0.15, -0.1) is 0 Å². The molecule has 1 amide bonds. The first-order valence-corrected chi connectivity index (χ1v) is 10.00. The molecule has 2 aromatic carbocycles. The fourth-order valence-electron chi connectivity index (χ4n) is 3.42. The number of para-hydroxylation sites is 1. The van der Waals surface area contributed by atoms with Crippen molar-refractivity contribution in [2.24, 2.45) is 0 Å². The number of amides is 1. The molecule has 0 spiro atoms. The molecule has 29 heavy (non-hydrogen) atoms. The highest BCUT2D eigenvalue weighted by atomic mass is 16.6. The third-order valence-electron chi connectivity index (χ3n) is 4.90. The Bertz CT molecular complexity index is 872. The summed E-state index contributed by atoms with van der Waals surface area (Å²) in [7, 11) is 1.59. The largest absolute Gasteiger partial charge is 0.493 e. The van der Waals surface area contributed by atoms with Crippen molar-refractivity contribution in [2.45, 2.75) is 39.5 Å². The van der Waals surface area contributed by atoms with Crippen LogP contribution in [0.5, 0.6) is 17.2 Å². The molecule has 3 rings (SSSR count). The zero-order chi connectivity index (χ0) is 21.0. The molecule has 0 atom stereocenters. The van der Waals surface area contributed by atoms with Crippen molar-refractivity contribution >= 4 is 17.7 Å². The lowest BCUT2D eigenvalue weighted by Gasteiger charge is -2.21. The second kappa shape index (κ2) is 9.03. The van der Waals surface area contributed by atoms with Crippen molar-refractivity contribution in [1.82, 2.24) is 0 Å². The summed E-state index contributed by atoms with van der Waals surface area (Å²) in [5.41, 5.74) is 3.99. The smallest absolute Gasteiger partial charge is 0.248 e. The summed E-state index contributed by atoms with van der Waals surface area (Å²) in [6.45, 7) is 9.51. The summed E-state index contributed by atoms with van der Waals surface area (Å²) in [6.07, 6.45) is 3.29. The number of fused-ring (bicyclic) bond motifs is 1. The molecule has 1 N–H and O–H groups in total. The van der Waals surface area contributed by atoms with E-state index in [1.165, 1.54) is 6.08 Å². The highest BCUT2D eigenvalue weighted by molar-refractivity contribution is 6.03. The summed E-state index contributed by atoms with van der Waals surface area (Å²) in [6, 6.07) is 9.88. The lowest BCUT2D eigenvalue weighted by molar-refractivity contribution is -0.111. The van der Waals surface area contributed by atoms with E-state index in [0.29, 0.717) is 42.3 Å². The molecule has 1 aliphatic heterocycles. The van der Waals surface area contributed by atoms with Crippen LogP contribution in [0, 0.1) is 0 Å². The normalized spacial score (nSPS) is 13.2. The third kappa shape index (κ3) is 4.73. The second-order valence-corrected chi connectivity index (χ2v) is 7.69. The zero-order valence-electron chi connectivity index (χ0n) is 17.7. The number of methoxy groups -OCH3 is 1. The van der Waals surface area contributed by atoms with Crippen LogP contribution >= 0.6 is 0 Å². The van der Waals surface area contributed by atoms with E-state index < -0.39 is 0 Å². The van der Waals surface area contributed by atoms with Crippen molar-refractivity contribution in [2.75, 3.05) is 25.6 Å². The second-order valence-electron chi connectivity index (χ2n) is 7.69. The van der Waals surface area contributed by atoms with Gasteiger partial charge in [0.25, 0.3) is 0 Å². The summed E-state index contributed by atoms with van der Waals surface area (Å²) in [5, 5.41) is 3.09. The molecule has 1 heterocycles. The first-order chi connectivity index (χ1) is 13.9. The van der Waals surface area contributed by atoms with Gasteiger partial charge in [-0.3, -0.25) is 4.79 Å². The Balaban J connectivity index is 1.84. The maximum absolute atomic E-state index is 12.7. The van der Waals surface area contributed by atoms with E-state index in [1.807, 2.05) is 12.1 Å². The van der Waals surface area contributed by atoms with Crippen LogP contribution in [0.4, 0.5) is 5.69 Å². The molecule has 5 nitrogen and oxygen atoms in total. The number of rotatable bonds is 6.